The Morgan fingerprint density at radius 1 is 1.21 bits per heavy atom. The van der Waals surface area contributed by atoms with E-state index < -0.39 is 24.0 Å². The lowest BCUT2D eigenvalue weighted by Crippen LogP contribution is -2.42. The first kappa shape index (κ1) is 19.9. The molecule has 0 aliphatic rings. The molecule has 0 heterocycles. The molecule has 1 rings (SSSR count). The molecule has 24 heavy (non-hydrogen) atoms. The molecule has 3 N–H and O–H groups in total. The van der Waals surface area contributed by atoms with Crippen LogP contribution in [0.15, 0.2) is 40.9 Å². The monoisotopic (exact) mass is 396 g/mol. The van der Waals surface area contributed by atoms with Gasteiger partial charge in [0.15, 0.2) is 0 Å². The average Bonchev–Trinajstić information content (AvgIpc) is 2.50. The number of allylic oxidation sites excluding steroid dienone is 1. The molecule has 2 unspecified atom stereocenters. The number of aliphatic carboxylic acids is 1. The molecule has 0 fully saturated rings. The smallest absolute Gasteiger partial charge is 0.326 e. The summed E-state index contributed by atoms with van der Waals surface area (Å²) in [5.74, 6) is -1.80. The molecule has 0 bridgehead atoms. The van der Waals surface area contributed by atoms with E-state index in [0.717, 1.165) is 10.0 Å². The molecule has 7 heteroatoms. The number of hydrogen-bond acceptors (Lipinski definition) is 3. The molecule has 0 spiro atoms. The van der Waals surface area contributed by atoms with Crippen LogP contribution in [0.5, 0.6) is 0 Å². The summed E-state index contributed by atoms with van der Waals surface area (Å²) in [6.07, 6.45) is 3.57. The summed E-state index contributed by atoms with van der Waals surface area (Å²) in [5, 5.41) is 14.4. The van der Waals surface area contributed by atoms with Gasteiger partial charge >= 0.3 is 5.97 Å². The van der Waals surface area contributed by atoms with Crippen LogP contribution < -0.4 is 10.6 Å². The maximum absolute atomic E-state index is 12.2. The lowest BCUT2D eigenvalue weighted by molar-refractivity contribution is -0.141. The summed E-state index contributed by atoms with van der Waals surface area (Å²) in [7, 11) is 0. The molecule has 2 amide bonds. The fourth-order valence-corrected chi connectivity index (χ4v) is 2.39. The molecule has 6 nitrogen and oxygen atoms in total. The summed E-state index contributed by atoms with van der Waals surface area (Å²) in [6.45, 7) is 3.15. The highest BCUT2D eigenvalue weighted by atomic mass is 79.9. The van der Waals surface area contributed by atoms with Crippen LogP contribution in [0.4, 0.5) is 0 Å². The third kappa shape index (κ3) is 6.95. The Labute approximate surface area is 149 Å². The number of carbonyl (C=O) groups excluding carboxylic acids is 2. The molecule has 0 saturated heterocycles. The van der Waals surface area contributed by atoms with E-state index in [9.17, 15) is 14.4 Å². The standard InChI is InChI=1S/C17H21BrN2O4/c1-3-4-5-14(17(23)24)20-16(22)10-15(19-11(2)21)12-6-8-13(18)9-7-12/h3-4,6-9,14-15H,5,10H2,1-2H3,(H,19,21)(H,20,22)(H,23,24)/b4-3+. The zero-order valence-electron chi connectivity index (χ0n) is 13.6. The molecule has 1 aromatic rings. The third-order valence-electron chi connectivity index (χ3n) is 3.28. The van der Waals surface area contributed by atoms with Gasteiger partial charge in [0.05, 0.1) is 12.5 Å². The van der Waals surface area contributed by atoms with Crippen molar-refractivity contribution >= 4 is 33.7 Å². The number of nitrogens with one attached hydrogen (secondary N) is 2. The zero-order valence-corrected chi connectivity index (χ0v) is 15.2. The van der Waals surface area contributed by atoms with E-state index in [2.05, 4.69) is 26.6 Å². The molecule has 0 aliphatic heterocycles. The number of hydrogen-bond donors (Lipinski definition) is 3. The van der Waals surface area contributed by atoms with Gasteiger partial charge in [-0.05, 0) is 31.0 Å². The number of rotatable bonds is 8. The number of carboxylic acid groups (broad SMARTS) is 1. The first-order valence-corrected chi connectivity index (χ1v) is 8.28. The van der Waals surface area contributed by atoms with E-state index in [1.807, 2.05) is 12.1 Å². The second-order valence-electron chi connectivity index (χ2n) is 5.27. The van der Waals surface area contributed by atoms with Crippen LogP contribution in [0.2, 0.25) is 0 Å². The van der Waals surface area contributed by atoms with Crippen LogP contribution in [-0.4, -0.2) is 28.9 Å². The SMILES string of the molecule is C/C=C/CC(NC(=O)CC(NC(C)=O)c1ccc(Br)cc1)C(=O)O. The van der Waals surface area contributed by atoms with Crippen molar-refractivity contribution in [1.82, 2.24) is 10.6 Å². The van der Waals surface area contributed by atoms with E-state index in [0.29, 0.717) is 0 Å². The van der Waals surface area contributed by atoms with Crippen molar-refractivity contribution in [3.63, 3.8) is 0 Å². The maximum atomic E-state index is 12.2. The predicted molar refractivity (Wildman–Crippen MR) is 94.3 cm³/mol. The van der Waals surface area contributed by atoms with Crippen LogP contribution in [0.1, 0.15) is 38.3 Å². The quantitative estimate of drug-likeness (QED) is 0.588. The van der Waals surface area contributed by atoms with Gasteiger partial charge in [-0.2, -0.15) is 0 Å². The van der Waals surface area contributed by atoms with Crippen molar-refractivity contribution in [2.24, 2.45) is 0 Å². The average molecular weight is 397 g/mol. The normalized spacial score (nSPS) is 13.3. The third-order valence-corrected chi connectivity index (χ3v) is 3.81. The summed E-state index contributed by atoms with van der Waals surface area (Å²) >= 11 is 3.33. The molecule has 0 radical (unpaired) electrons. The van der Waals surface area contributed by atoms with E-state index in [-0.39, 0.29) is 18.7 Å². The molecular weight excluding hydrogens is 376 g/mol. The van der Waals surface area contributed by atoms with Crippen LogP contribution >= 0.6 is 15.9 Å². The molecule has 0 aromatic heterocycles. The summed E-state index contributed by atoms with van der Waals surface area (Å²) < 4.78 is 0.884. The van der Waals surface area contributed by atoms with Crippen molar-refractivity contribution in [1.29, 1.82) is 0 Å². The van der Waals surface area contributed by atoms with Crippen molar-refractivity contribution < 1.29 is 19.5 Å². The molecule has 0 saturated carbocycles. The first-order valence-electron chi connectivity index (χ1n) is 7.49. The Morgan fingerprint density at radius 3 is 2.33 bits per heavy atom. The van der Waals surface area contributed by atoms with Crippen LogP contribution in [0.25, 0.3) is 0 Å². The summed E-state index contributed by atoms with van der Waals surface area (Å²) in [6, 6.07) is 5.71. The molecule has 1 aromatic carbocycles. The molecule has 2 atom stereocenters. The Kier molecular flexibility index (Phi) is 8.18. The summed E-state index contributed by atoms with van der Waals surface area (Å²) in [4.78, 5) is 34.8. The van der Waals surface area contributed by atoms with Crippen molar-refractivity contribution in [3.05, 3.63) is 46.5 Å². The highest BCUT2D eigenvalue weighted by Crippen LogP contribution is 2.20. The van der Waals surface area contributed by atoms with Gasteiger partial charge in [-0.15, -0.1) is 0 Å². The molecular formula is C17H21BrN2O4. The Hall–Kier alpha value is -2.15. The molecule has 0 aliphatic carbocycles. The second-order valence-corrected chi connectivity index (χ2v) is 6.19. The lowest BCUT2D eigenvalue weighted by Gasteiger charge is -2.20. The van der Waals surface area contributed by atoms with Gasteiger partial charge in [-0.1, -0.05) is 40.2 Å². The Morgan fingerprint density at radius 2 is 1.83 bits per heavy atom. The van der Waals surface area contributed by atoms with Crippen LogP contribution in [0.3, 0.4) is 0 Å². The van der Waals surface area contributed by atoms with Crippen molar-refractivity contribution in [2.75, 3.05) is 0 Å². The highest BCUT2D eigenvalue weighted by Gasteiger charge is 2.22. The topological polar surface area (TPSA) is 95.5 Å². The highest BCUT2D eigenvalue weighted by molar-refractivity contribution is 9.10. The van der Waals surface area contributed by atoms with Crippen LogP contribution in [-0.2, 0) is 14.4 Å². The maximum Gasteiger partial charge on any atom is 0.326 e. The summed E-state index contributed by atoms with van der Waals surface area (Å²) in [5.41, 5.74) is 0.767. The molecule has 130 valence electrons. The fourth-order valence-electron chi connectivity index (χ4n) is 2.12. The Bertz CT molecular complexity index is 614. The predicted octanol–water partition coefficient (Wildman–Crippen LogP) is 2.55. The van der Waals surface area contributed by atoms with Gasteiger partial charge in [0.25, 0.3) is 0 Å². The first-order chi connectivity index (χ1) is 11.3. The van der Waals surface area contributed by atoms with E-state index in [1.165, 1.54) is 6.92 Å². The number of carbonyl (C=O) groups is 3. The minimum atomic E-state index is -1.10. The van der Waals surface area contributed by atoms with Crippen molar-refractivity contribution in [3.8, 4) is 0 Å². The minimum absolute atomic E-state index is 0.0408. The number of benzene rings is 1. The Balaban J connectivity index is 2.81. The van der Waals surface area contributed by atoms with Gasteiger partial charge in [-0.25, -0.2) is 4.79 Å². The number of halogens is 1. The van der Waals surface area contributed by atoms with Gasteiger partial charge in [0.2, 0.25) is 11.8 Å². The lowest BCUT2D eigenvalue weighted by atomic mass is 10.0. The van der Waals surface area contributed by atoms with E-state index in [4.69, 9.17) is 5.11 Å². The van der Waals surface area contributed by atoms with Gasteiger partial charge in [0, 0.05) is 11.4 Å². The van der Waals surface area contributed by atoms with E-state index in [1.54, 1.807) is 31.2 Å². The van der Waals surface area contributed by atoms with Gasteiger partial charge < -0.3 is 15.7 Å². The van der Waals surface area contributed by atoms with Gasteiger partial charge in [-0.3, -0.25) is 9.59 Å². The van der Waals surface area contributed by atoms with Gasteiger partial charge in [0.1, 0.15) is 6.04 Å². The number of amides is 2. The van der Waals surface area contributed by atoms with E-state index >= 15 is 0 Å². The number of carboxylic acids is 1. The second kappa shape index (κ2) is 9.87. The van der Waals surface area contributed by atoms with Crippen LogP contribution in [0, 0.1) is 0 Å². The zero-order chi connectivity index (χ0) is 18.1. The largest absolute Gasteiger partial charge is 0.480 e. The fraction of sp³-hybridized carbons (Fsp3) is 0.353. The van der Waals surface area contributed by atoms with Crippen molar-refractivity contribution in [2.45, 2.75) is 38.8 Å². The minimum Gasteiger partial charge on any atom is -0.480 e.